The number of nitrogens with zero attached hydrogens (tertiary/aromatic N) is 1. The van der Waals surface area contributed by atoms with E-state index in [0.717, 1.165) is 6.07 Å². The van der Waals surface area contributed by atoms with Crippen LogP contribution in [0.5, 0.6) is 0 Å². The monoisotopic (exact) mass is 266 g/mol. The molecule has 2 aromatic rings. The summed E-state index contributed by atoms with van der Waals surface area (Å²) < 4.78 is 38.7. The number of hydrogen-bond donors (Lipinski definition) is 1. The summed E-state index contributed by atoms with van der Waals surface area (Å²) in [6.45, 7) is 0. The first kappa shape index (κ1) is 13.1. The summed E-state index contributed by atoms with van der Waals surface area (Å²) >= 11 is 0. The Morgan fingerprint density at radius 3 is 2.42 bits per heavy atom. The first-order valence-electron chi connectivity index (χ1n) is 5.32. The maximum Gasteiger partial charge on any atom is 0.418 e. The van der Waals surface area contributed by atoms with Gasteiger partial charge in [0.25, 0.3) is 0 Å². The second-order valence-corrected chi connectivity index (χ2v) is 3.81. The van der Waals surface area contributed by atoms with E-state index < -0.39 is 17.6 Å². The highest BCUT2D eigenvalue weighted by Crippen LogP contribution is 2.36. The molecule has 3 nitrogen and oxygen atoms in total. The number of amides is 1. The van der Waals surface area contributed by atoms with Crippen LogP contribution >= 0.6 is 0 Å². The average molecular weight is 266 g/mol. The number of halogens is 3. The zero-order valence-electron chi connectivity index (χ0n) is 9.61. The molecule has 0 unspecified atom stereocenters. The van der Waals surface area contributed by atoms with E-state index in [9.17, 15) is 18.0 Å². The van der Waals surface area contributed by atoms with E-state index in [2.05, 4.69) is 4.98 Å². The lowest BCUT2D eigenvalue weighted by molar-refractivity contribution is -0.137. The molecule has 1 aromatic heterocycles. The van der Waals surface area contributed by atoms with Crippen molar-refractivity contribution in [1.29, 1.82) is 0 Å². The van der Waals surface area contributed by atoms with Gasteiger partial charge < -0.3 is 5.73 Å². The predicted molar refractivity (Wildman–Crippen MR) is 63.2 cm³/mol. The highest BCUT2D eigenvalue weighted by atomic mass is 19.4. The highest BCUT2D eigenvalue weighted by Gasteiger charge is 2.34. The lowest BCUT2D eigenvalue weighted by atomic mass is 9.99. The number of nitrogens with two attached hydrogens (primary N) is 1. The maximum atomic E-state index is 12.9. The zero-order valence-corrected chi connectivity index (χ0v) is 9.61. The molecular formula is C13H9F3N2O. The highest BCUT2D eigenvalue weighted by molar-refractivity contribution is 5.99. The van der Waals surface area contributed by atoms with Crippen molar-refractivity contribution < 1.29 is 18.0 Å². The van der Waals surface area contributed by atoms with Gasteiger partial charge in [0.2, 0.25) is 5.91 Å². The summed E-state index contributed by atoms with van der Waals surface area (Å²) in [6.07, 6.45) is -3.31. The molecule has 0 radical (unpaired) electrons. The van der Waals surface area contributed by atoms with E-state index in [0.29, 0.717) is 0 Å². The molecule has 0 aliphatic rings. The molecule has 0 atom stereocenters. The molecule has 19 heavy (non-hydrogen) atoms. The van der Waals surface area contributed by atoms with Crippen LogP contribution in [0.4, 0.5) is 13.2 Å². The van der Waals surface area contributed by atoms with E-state index in [1.54, 1.807) is 0 Å². The van der Waals surface area contributed by atoms with Crippen LogP contribution in [0.3, 0.4) is 0 Å². The molecule has 6 heteroatoms. The Morgan fingerprint density at radius 2 is 1.79 bits per heavy atom. The predicted octanol–water partition coefficient (Wildman–Crippen LogP) is 2.87. The first-order chi connectivity index (χ1) is 8.91. The number of carbonyl (C=O) groups excluding carboxylic acids is 1. The fourth-order valence-corrected chi connectivity index (χ4v) is 1.75. The van der Waals surface area contributed by atoms with E-state index in [1.165, 1.54) is 36.5 Å². The fourth-order valence-electron chi connectivity index (χ4n) is 1.75. The van der Waals surface area contributed by atoms with Gasteiger partial charge in [0.05, 0.1) is 11.3 Å². The van der Waals surface area contributed by atoms with Crippen LogP contribution in [-0.4, -0.2) is 10.9 Å². The van der Waals surface area contributed by atoms with Crippen molar-refractivity contribution in [1.82, 2.24) is 4.98 Å². The van der Waals surface area contributed by atoms with Gasteiger partial charge in [0.1, 0.15) is 0 Å². The van der Waals surface area contributed by atoms with Crippen LogP contribution in [0.1, 0.15) is 15.9 Å². The second-order valence-electron chi connectivity index (χ2n) is 3.81. The Labute approximate surface area is 106 Å². The van der Waals surface area contributed by atoms with Gasteiger partial charge in [0.15, 0.2) is 0 Å². The molecule has 2 N–H and O–H groups in total. The number of alkyl halides is 3. The number of primary amides is 1. The number of hydrogen-bond acceptors (Lipinski definition) is 2. The van der Waals surface area contributed by atoms with Crippen LogP contribution in [0, 0.1) is 0 Å². The van der Waals surface area contributed by atoms with Crippen molar-refractivity contribution in [3.8, 4) is 11.3 Å². The topological polar surface area (TPSA) is 56.0 Å². The number of benzene rings is 1. The number of pyridine rings is 1. The van der Waals surface area contributed by atoms with Crippen LogP contribution in [0.2, 0.25) is 0 Å². The van der Waals surface area contributed by atoms with Gasteiger partial charge in [-0.1, -0.05) is 18.2 Å². The van der Waals surface area contributed by atoms with E-state index >= 15 is 0 Å². The molecule has 0 spiro atoms. The maximum absolute atomic E-state index is 12.9. The average Bonchev–Trinajstić information content (AvgIpc) is 2.37. The van der Waals surface area contributed by atoms with E-state index in [1.807, 2.05) is 0 Å². The van der Waals surface area contributed by atoms with Crippen molar-refractivity contribution in [2.75, 3.05) is 0 Å². The minimum atomic E-state index is -4.55. The molecule has 0 bridgehead atoms. The molecule has 0 saturated carbocycles. The second kappa shape index (κ2) is 4.72. The van der Waals surface area contributed by atoms with Gasteiger partial charge in [-0.25, -0.2) is 0 Å². The molecule has 1 aromatic carbocycles. The van der Waals surface area contributed by atoms with Crippen molar-refractivity contribution in [2.24, 2.45) is 5.73 Å². The van der Waals surface area contributed by atoms with Crippen molar-refractivity contribution in [3.05, 3.63) is 53.7 Å². The summed E-state index contributed by atoms with van der Waals surface area (Å²) in [4.78, 5) is 15.0. The molecule has 1 amide bonds. The molecule has 98 valence electrons. The Balaban J connectivity index is 2.70. The molecule has 0 aliphatic carbocycles. The third kappa shape index (κ3) is 2.57. The molecule has 2 rings (SSSR count). The third-order valence-corrected chi connectivity index (χ3v) is 2.56. The Morgan fingerprint density at radius 1 is 1.11 bits per heavy atom. The first-order valence-corrected chi connectivity index (χ1v) is 5.32. The van der Waals surface area contributed by atoms with Gasteiger partial charge in [-0.3, -0.25) is 9.78 Å². The van der Waals surface area contributed by atoms with Gasteiger partial charge in [-0.2, -0.15) is 13.2 Å². The van der Waals surface area contributed by atoms with Gasteiger partial charge in [-0.05, 0) is 18.2 Å². The standard InChI is InChI=1S/C13H9F3N2O/c14-13(15,16)10-6-3-7-18-11(10)8-4-1-2-5-9(8)12(17)19/h1-7H,(H2,17,19). The van der Waals surface area contributed by atoms with Crippen LogP contribution in [-0.2, 0) is 6.18 Å². The molecular weight excluding hydrogens is 257 g/mol. The molecule has 0 aliphatic heterocycles. The smallest absolute Gasteiger partial charge is 0.366 e. The lowest BCUT2D eigenvalue weighted by Crippen LogP contribution is -2.14. The van der Waals surface area contributed by atoms with Crippen LogP contribution in [0.15, 0.2) is 42.6 Å². The minimum Gasteiger partial charge on any atom is -0.366 e. The van der Waals surface area contributed by atoms with Crippen molar-refractivity contribution in [3.63, 3.8) is 0 Å². The van der Waals surface area contributed by atoms with Crippen LogP contribution < -0.4 is 5.73 Å². The SMILES string of the molecule is NC(=O)c1ccccc1-c1ncccc1C(F)(F)F. The third-order valence-electron chi connectivity index (χ3n) is 2.56. The summed E-state index contributed by atoms with van der Waals surface area (Å²) in [7, 11) is 0. The van der Waals surface area contributed by atoms with E-state index in [-0.39, 0.29) is 16.8 Å². The molecule has 0 saturated heterocycles. The van der Waals surface area contributed by atoms with Gasteiger partial charge in [0, 0.05) is 17.3 Å². The number of aromatic nitrogens is 1. The molecule has 0 fully saturated rings. The normalized spacial score (nSPS) is 11.3. The lowest BCUT2D eigenvalue weighted by Gasteiger charge is -2.13. The minimum absolute atomic E-state index is 0.00620. The molecule has 1 heterocycles. The van der Waals surface area contributed by atoms with E-state index in [4.69, 9.17) is 5.73 Å². The Bertz CT molecular complexity index is 623. The summed E-state index contributed by atoms with van der Waals surface area (Å²) in [5.74, 6) is -0.797. The fraction of sp³-hybridized carbons (Fsp3) is 0.0769. The Hall–Kier alpha value is -2.37. The summed E-state index contributed by atoms with van der Waals surface area (Å²) in [5.41, 5.74) is 4.04. The van der Waals surface area contributed by atoms with Gasteiger partial charge >= 0.3 is 6.18 Å². The number of rotatable bonds is 2. The Kier molecular flexibility index (Phi) is 3.25. The van der Waals surface area contributed by atoms with Crippen molar-refractivity contribution in [2.45, 2.75) is 6.18 Å². The quantitative estimate of drug-likeness (QED) is 0.908. The summed E-state index contributed by atoms with van der Waals surface area (Å²) in [5, 5.41) is 0. The number of carbonyl (C=O) groups is 1. The van der Waals surface area contributed by atoms with Crippen LogP contribution in [0.25, 0.3) is 11.3 Å². The zero-order chi connectivity index (χ0) is 14.0. The largest absolute Gasteiger partial charge is 0.418 e. The van der Waals surface area contributed by atoms with Gasteiger partial charge in [-0.15, -0.1) is 0 Å². The summed E-state index contributed by atoms with van der Waals surface area (Å²) in [6, 6.07) is 7.92. The van der Waals surface area contributed by atoms with Crippen molar-refractivity contribution >= 4 is 5.91 Å².